The Balaban J connectivity index is 2.12. The lowest BCUT2D eigenvalue weighted by Crippen LogP contribution is -2.48. The molecule has 0 saturated carbocycles. The molecule has 2 aliphatic heterocycles. The van der Waals surface area contributed by atoms with Gasteiger partial charge in [-0.2, -0.15) is 0 Å². The van der Waals surface area contributed by atoms with Crippen LogP contribution in [0.1, 0.15) is 59.3 Å². The SMILES string of the molecule is C/C(=C\C(C(C)C)N(C)C(=O)CNC=O)C(=O)N1CCC[C@H]1C(=O)N1CCCCCC1. The Hall–Kier alpha value is -2.38. The maximum atomic E-state index is 13.3. The van der Waals surface area contributed by atoms with Crippen LogP contribution in [0.4, 0.5) is 0 Å². The molecule has 4 amide bonds. The maximum Gasteiger partial charge on any atom is 0.249 e. The van der Waals surface area contributed by atoms with Crippen LogP contribution in [0.2, 0.25) is 0 Å². The van der Waals surface area contributed by atoms with E-state index in [9.17, 15) is 19.2 Å². The zero-order valence-corrected chi connectivity index (χ0v) is 19.4. The number of hydrogen-bond acceptors (Lipinski definition) is 4. The van der Waals surface area contributed by atoms with Crippen molar-refractivity contribution in [1.29, 1.82) is 0 Å². The minimum atomic E-state index is -0.386. The van der Waals surface area contributed by atoms with Crippen molar-refractivity contribution in [2.75, 3.05) is 33.2 Å². The lowest BCUT2D eigenvalue weighted by Gasteiger charge is -2.31. The van der Waals surface area contributed by atoms with Crippen LogP contribution in [0.25, 0.3) is 0 Å². The molecule has 2 fully saturated rings. The van der Waals surface area contributed by atoms with Crippen LogP contribution in [0.5, 0.6) is 0 Å². The van der Waals surface area contributed by atoms with E-state index in [2.05, 4.69) is 5.32 Å². The minimum Gasteiger partial charge on any atom is -0.350 e. The summed E-state index contributed by atoms with van der Waals surface area (Å²) in [7, 11) is 1.68. The molecule has 174 valence electrons. The van der Waals surface area contributed by atoms with Crippen molar-refractivity contribution in [3.8, 4) is 0 Å². The fraction of sp³-hybridized carbons (Fsp3) is 0.739. The number of carbonyl (C=O) groups excluding carboxylic acids is 4. The van der Waals surface area contributed by atoms with Crippen LogP contribution in [0.15, 0.2) is 11.6 Å². The summed E-state index contributed by atoms with van der Waals surface area (Å²) in [5.41, 5.74) is 0.539. The molecule has 31 heavy (non-hydrogen) atoms. The molecule has 2 atom stereocenters. The molecule has 2 aliphatic rings. The normalized spacial score (nSPS) is 20.9. The van der Waals surface area contributed by atoms with Gasteiger partial charge in [0.05, 0.1) is 12.6 Å². The van der Waals surface area contributed by atoms with E-state index >= 15 is 0 Å². The van der Waals surface area contributed by atoms with Gasteiger partial charge in [-0.25, -0.2) is 0 Å². The fourth-order valence-corrected chi connectivity index (χ4v) is 4.49. The van der Waals surface area contributed by atoms with Crippen molar-refractivity contribution in [2.45, 2.75) is 71.4 Å². The molecule has 8 heteroatoms. The number of carbonyl (C=O) groups is 4. The average Bonchev–Trinajstić information content (AvgIpc) is 3.08. The summed E-state index contributed by atoms with van der Waals surface area (Å²) in [5.74, 6) is -0.199. The molecule has 1 unspecified atom stereocenters. The van der Waals surface area contributed by atoms with E-state index in [1.165, 1.54) is 0 Å². The third kappa shape index (κ3) is 6.55. The Bertz CT molecular complexity index is 683. The highest BCUT2D eigenvalue weighted by Crippen LogP contribution is 2.24. The third-order valence-corrected chi connectivity index (χ3v) is 6.33. The van der Waals surface area contributed by atoms with Crippen molar-refractivity contribution in [1.82, 2.24) is 20.0 Å². The first kappa shape index (κ1) is 24.9. The lowest BCUT2D eigenvalue weighted by atomic mass is 9.99. The fourth-order valence-electron chi connectivity index (χ4n) is 4.49. The van der Waals surface area contributed by atoms with Crippen LogP contribution in [0, 0.1) is 5.92 Å². The molecule has 0 aromatic rings. The zero-order valence-electron chi connectivity index (χ0n) is 19.4. The quantitative estimate of drug-likeness (QED) is 0.464. The Morgan fingerprint density at radius 3 is 2.29 bits per heavy atom. The number of amides is 4. The number of nitrogens with zero attached hydrogens (tertiary/aromatic N) is 3. The number of hydrogen-bond donors (Lipinski definition) is 1. The summed E-state index contributed by atoms with van der Waals surface area (Å²) in [6.07, 6.45) is 8.22. The smallest absolute Gasteiger partial charge is 0.249 e. The Morgan fingerprint density at radius 2 is 1.71 bits per heavy atom. The lowest BCUT2D eigenvalue weighted by molar-refractivity contribution is -0.142. The number of likely N-dealkylation sites (N-methyl/N-ethyl adjacent to an activating group) is 1. The van der Waals surface area contributed by atoms with Crippen molar-refractivity contribution in [3.63, 3.8) is 0 Å². The summed E-state index contributed by atoms with van der Waals surface area (Å²) in [4.78, 5) is 54.4. The van der Waals surface area contributed by atoms with E-state index in [-0.39, 0.29) is 42.3 Å². The van der Waals surface area contributed by atoms with Gasteiger partial charge in [0, 0.05) is 32.3 Å². The number of nitrogens with one attached hydrogen (secondary N) is 1. The molecule has 2 rings (SSSR count). The van der Waals surface area contributed by atoms with Gasteiger partial charge in [-0.3, -0.25) is 19.2 Å². The second kappa shape index (κ2) is 11.9. The monoisotopic (exact) mass is 434 g/mol. The molecule has 0 bridgehead atoms. The van der Waals surface area contributed by atoms with Gasteiger partial charge in [-0.1, -0.05) is 32.8 Å². The summed E-state index contributed by atoms with van der Waals surface area (Å²) in [6, 6.07) is -0.671. The van der Waals surface area contributed by atoms with Gasteiger partial charge < -0.3 is 20.0 Å². The van der Waals surface area contributed by atoms with Crippen LogP contribution < -0.4 is 5.32 Å². The van der Waals surface area contributed by atoms with E-state index in [4.69, 9.17) is 0 Å². The summed E-state index contributed by atoms with van der Waals surface area (Å²) < 4.78 is 0. The molecule has 0 spiro atoms. The van der Waals surface area contributed by atoms with Gasteiger partial charge in [0.2, 0.25) is 24.1 Å². The second-order valence-corrected chi connectivity index (χ2v) is 8.98. The van der Waals surface area contributed by atoms with Gasteiger partial charge >= 0.3 is 0 Å². The van der Waals surface area contributed by atoms with Crippen molar-refractivity contribution >= 4 is 24.1 Å². The average molecular weight is 435 g/mol. The molecular weight excluding hydrogens is 396 g/mol. The van der Waals surface area contributed by atoms with E-state index in [1.54, 1.807) is 23.8 Å². The predicted molar refractivity (Wildman–Crippen MR) is 119 cm³/mol. The van der Waals surface area contributed by atoms with E-state index < -0.39 is 0 Å². The van der Waals surface area contributed by atoms with E-state index in [0.717, 1.165) is 45.2 Å². The van der Waals surface area contributed by atoms with E-state index in [1.807, 2.05) is 24.8 Å². The molecule has 2 heterocycles. The Kier molecular flexibility index (Phi) is 9.52. The molecule has 1 N–H and O–H groups in total. The molecule has 8 nitrogen and oxygen atoms in total. The number of likely N-dealkylation sites (tertiary alicyclic amines) is 2. The summed E-state index contributed by atoms with van der Waals surface area (Å²) >= 11 is 0. The predicted octanol–water partition coefficient (Wildman–Crippen LogP) is 1.56. The molecule has 2 saturated heterocycles. The van der Waals surface area contributed by atoms with Crippen molar-refractivity contribution < 1.29 is 19.2 Å². The largest absolute Gasteiger partial charge is 0.350 e. The van der Waals surface area contributed by atoms with Gasteiger partial charge in [0.25, 0.3) is 0 Å². The highest BCUT2D eigenvalue weighted by molar-refractivity contribution is 5.97. The van der Waals surface area contributed by atoms with Crippen molar-refractivity contribution in [2.24, 2.45) is 5.92 Å². The summed E-state index contributed by atoms with van der Waals surface area (Å²) in [6.45, 7) is 7.79. The molecule has 0 aromatic heterocycles. The van der Waals surface area contributed by atoms with Crippen LogP contribution in [-0.4, -0.2) is 84.1 Å². The second-order valence-electron chi connectivity index (χ2n) is 8.98. The maximum absolute atomic E-state index is 13.3. The van der Waals surface area contributed by atoms with Crippen LogP contribution in [0.3, 0.4) is 0 Å². The Morgan fingerprint density at radius 1 is 1.06 bits per heavy atom. The first-order chi connectivity index (χ1) is 14.8. The molecule has 0 radical (unpaired) electrons. The highest BCUT2D eigenvalue weighted by atomic mass is 16.2. The highest BCUT2D eigenvalue weighted by Gasteiger charge is 2.37. The molecule has 0 aliphatic carbocycles. The first-order valence-corrected chi connectivity index (χ1v) is 11.5. The van der Waals surface area contributed by atoms with Crippen LogP contribution >= 0.6 is 0 Å². The standard InChI is InChI=1S/C23H38N4O4/c1-17(2)20(25(4)21(29)15-24-16-28)14-18(3)22(30)27-13-9-10-19(27)23(31)26-11-7-5-6-8-12-26/h14,16-17,19-20H,5-13,15H2,1-4H3,(H,24,28)/b18-14+/t19-,20?/m0/s1. The third-order valence-electron chi connectivity index (χ3n) is 6.33. The van der Waals surface area contributed by atoms with Gasteiger partial charge in [0.15, 0.2) is 0 Å². The number of rotatable bonds is 8. The zero-order chi connectivity index (χ0) is 23.0. The topological polar surface area (TPSA) is 90.0 Å². The minimum absolute atomic E-state index is 0.0770. The van der Waals surface area contributed by atoms with Gasteiger partial charge in [-0.15, -0.1) is 0 Å². The van der Waals surface area contributed by atoms with Crippen LogP contribution in [-0.2, 0) is 19.2 Å². The molecule has 0 aromatic carbocycles. The Labute approximate surface area is 186 Å². The molecular formula is C23H38N4O4. The first-order valence-electron chi connectivity index (χ1n) is 11.5. The van der Waals surface area contributed by atoms with E-state index in [0.29, 0.717) is 24.9 Å². The van der Waals surface area contributed by atoms with Crippen molar-refractivity contribution in [3.05, 3.63) is 11.6 Å². The summed E-state index contributed by atoms with van der Waals surface area (Å²) in [5, 5.41) is 2.39. The van der Waals surface area contributed by atoms with Gasteiger partial charge in [0.1, 0.15) is 6.04 Å². The van der Waals surface area contributed by atoms with Gasteiger partial charge in [-0.05, 0) is 38.5 Å².